The van der Waals surface area contributed by atoms with Crippen LogP contribution in [0.1, 0.15) is 6.42 Å². The molecule has 1 fully saturated rings. The van der Waals surface area contributed by atoms with Gasteiger partial charge in [-0.15, -0.1) is 0 Å². The van der Waals surface area contributed by atoms with Gasteiger partial charge in [0.05, 0.1) is 0 Å². The molecule has 3 atom stereocenters. The van der Waals surface area contributed by atoms with E-state index in [0.29, 0.717) is 6.42 Å². The third kappa shape index (κ3) is 2.80. The smallest absolute Gasteiger partial charge is 0.327 e. The molecular weight excluding hydrogens is 188 g/mol. The maximum Gasteiger partial charge on any atom is 0.327 e. The lowest BCUT2D eigenvalue weighted by molar-refractivity contribution is -0.190. The fraction of sp³-hybridized carbons (Fsp3) is 0.667. The van der Waals surface area contributed by atoms with Gasteiger partial charge in [-0.05, 0) is 0 Å². The van der Waals surface area contributed by atoms with Gasteiger partial charge in [0.1, 0.15) is 0 Å². The molecule has 0 aliphatic carbocycles. The third-order valence-corrected chi connectivity index (χ3v) is 2.08. The van der Waals surface area contributed by atoms with Crippen molar-refractivity contribution >= 4 is 5.97 Å². The molecule has 0 bridgehead atoms. The second-order valence-electron chi connectivity index (χ2n) is 3.00. The molecule has 1 saturated heterocycles. The topological polar surface area (TPSA) is 65.0 Å². The summed E-state index contributed by atoms with van der Waals surface area (Å²) >= 11 is 0. The number of hydrogen-bond acceptors (Lipinski definition) is 4. The number of carboxylic acid groups (broad SMARTS) is 1. The van der Waals surface area contributed by atoms with Gasteiger partial charge in [0.25, 0.3) is 0 Å². The highest BCUT2D eigenvalue weighted by molar-refractivity contribution is 5.79. The van der Waals surface area contributed by atoms with Crippen LogP contribution >= 0.6 is 0 Å². The molecule has 1 rings (SSSR count). The first-order valence-electron chi connectivity index (χ1n) is 4.29. The van der Waals surface area contributed by atoms with Crippen molar-refractivity contribution in [2.45, 2.75) is 19.0 Å². The standard InChI is InChI=1S/C9H14O5/c1-12-8-5-6(3-4-7(10)11)9(13-2)14-8/h3-4,6,8-9H,5H2,1-2H3,(H,10,11)/b4-3+/t6-,8+,9+/m1/s1. The highest BCUT2D eigenvalue weighted by Crippen LogP contribution is 2.28. The molecule has 1 aliphatic heterocycles. The molecule has 1 heterocycles. The van der Waals surface area contributed by atoms with Crippen LogP contribution in [0.15, 0.2) is 12.2 Å². The molecule has 0 aromatic carbocycles. The first-order valence-corrected chi connectivity index (χ1v) is 4.29. The summed E-state index contributed by atoms with van der Waals surface area (Å²) in [6.45, 7) is 0. The second kappa shape index (κ2) is 5.09. The second-order valence-corrected chi connectivity index (χ2v) is 3.00. The quantitative estimate of drug-likeness (QED) is 0.676. The first kappa shape index (κ1) is 11.2. The van der Waals surface area contributed by atoms with Crippen LogP contribution < -0.4 is 0 Å². The molecule has 0 radical (unpaired) electrons. The van der Waals surface area contributed by atoms with Crippen molar-refractivity contribution in [2.75, 3.05) is 14.2 Å². The maximum absolute atomic E-state index is 10.3. The van der Waals surface area contributed by atoms with Crippen LogP contribution in [0.5, 0.6) is 0 Å². The summed E-state index contributed by atoms with van der Waals surface area (Å²) in [4.78, 5) is 10.3. The van der Waals surface area contributed by atoms with E-state index in [2.05, 4.69) is 0 Å². The Bertz CT molecular complexity index is 225. The van der Waals surface area contributed by atoms with E-state index in [-0.39, 0.29) is 12.2 Å². The number of rotatable bonds is 4. The summed E-state index contributed by atoms with van der Waals surface area (Å²) < 4.78 is 15.4. The van der Waals surface area contributed by atoms with E-state index in [9.17, 15) is 4.79 Å². The Hall–Kier alpha value is -0.910. The molecule has 14 heavy (non-hydrogen) atoms. The van der Waals surface area contributed by atoms with Gasteiger partial charge in [-0.2, -0.15) is 0 Å². The van der Waals surface area contributed by atoms with E-state index in [0.717, 1.165) is 6.08 Å². The van der Waals surface area contributed by atoms with Crippen LogP contribution in [0.3, 0.4) is 0 Å². The lowest BCUT2D eigenvalue weighted by Gasteiger charge is -2.12. The third-order valence-electron chi connectivity index (χ3n) is 2.08. The number of aliphatic carboxylic acids is 1. The summed E-state index contributed by atoms with van der Waals surface area (Å²) in [6, 6.07) is 0. The van der Waals surface area contributed by atoms with Gasteiger partial charge in [0, 0.05) is 32.6 Å². The lowest BCUT2D eigenvalue weighted by Crippen LogP contribution is -2.17. The Kier molecular flexibility index (Phi) is 4.06. The largest absolute Gasteiger partial charge is 0.478 e. The zero-order valence-electron chi connectivity index (χ0n) is 8.17. The Labute approximate surface area is 82.3 Å². The van der Waals surface area contributed by atoms with E-state index in [4.69, 9.17) is 19.3 Å². The van der Waals surface area contributed by atoms with Crippen molar-refractivity contribution < 1.29 is 24.1 Å². The summed E-state index contributed by atoms with van der Waals surface area (Å²) in [5.41, 5.74) is 0. The molecule has 0 spiro atoms. The Balaban J connectivity index is 2.54. The minimum atomic E-state index is -0.972. The zero-order valence-corrected chi connectivity index (χ0v) is 8.17. The number of methoxy groups -OCH3 is 2. The summed E-state index contributed by atoms with van der Waals surface area (Å²) in [6.07, 6.45) is 2.53. The molecule has 5 heteroatoms. The minimum absolute atomic E-state index is 0.0685. The molecule has 5 nitrogen and oxygen atoms in total. The van der Waals surface area contributed by atoms with Gasteiger partial charge in [-0.3, -0.25) is 0 Å². The van der Waals surface area contributed by atoms with Gasteiger partial charge in [-0.1, -0.05) is 6.08 Å². The fourth-order valence-electron chi connectivity index (χ4n) is 1.40. The van der Waals surface area contributed by atoms with Crippen LogP contribution in [-0.2, 0) is 19.0 Å². The maximum atomic E-state index is 10.3. The van der Waals surface area contributed by atoms with Crippen molar-refractivity contribution in [1.29, 1.82) is 0 Å². The van der Waals surface area contributed by atoms with E-state index in [1.807, 2.05) is 0 Å². The van der Waals surface area contributed by atoms with Crippen molar-refractivity contribution in [3.8, 4) is 0 Å². The van der Waals surface area contributed by atoms with Crippen molar-refractivity contribution in [1.82, 2.24) is 0 Å². The fourth-order valence-corrected chi connectivity index (χ4v) is 1.40. The van der Waals surface area contributed by atoms with Crippen molar-refractivity contribution in [3.05, 3.63) is 12.2 Å². The van der Waals surface area contributed by atoms with E-state index in [1.165, 1.54) is 7.11 Å². The molecule has 0 saturated carbocycles. The monoisotopic (exact) mass is 202 g/mol. The molecule has 0 amide bonds. The van der Waals surface area contributed by atoms with Gasteiger partial charge in [0.2, 0.25) is 0 Å². The summed E-state index contributed by atoms with van der Waals surface area (Å²) in [5.74, 6) is -1.04. The highest BCUT2D eigenvalue weighted by Gasteiger charge is 2.33. The summed E-state index contributed by atoms with van der Waals surface area (Å²) in [5, 5.41) is 8.46. The molecule has 0 aromatic rings. The number of carboxylic acids is 1. The minimum Gasteiger partial charge on any atom is -0.478 e. The van der Waals surface area contributed by atoms with Crippen LogP contribution in [0.4, 0.5) is 0 Å². The van der Waals surface area contributed by atoms with E-state index < -0.39 is 12.3 Å². The highest BCUT2D eigenvalue weighted by atomic mass is 16.8. The van der Waals surface area contributed by atoms with Gasteiger partial charge < -0.3 is 19.3 Å². The van der Waals surface area contributed by atoms with E-state index in [1.54, 1.807) is 13.2 Å². The normalized spacial score (nSPS) is 32.6. The number of ether oxygens (including phenoxy) is 3. The predicted octanol–water partition coefficient (Wildman–Crippen LogP) is 0.609. The van der Waals surface area contributed by atoms with Crippen LogP contribution in [0.2, 0.25) is 0 Å². The average Bonchev–Trinajstić information content (AvgIpc) is 2.57. The molecule has 80 valence electrons. The van der Waals surface area contributed by atoms with E-state index >= 15 is 0 Å². The SMILES string of the molecule is CO[C@@H]1C[C@@H](/C=C/C(=O)O)[C@@H](OC)O1. The van der Waals surface area contributed by atoms with Gasteiger partial charge in [-0.25, -0.2) is 4.79 Å². The number of hydrogen-bond donors (Lipinski definition) is 1. The molecule has 0 aromatic heterocycles. The molecular formula is C9H14O5. The average molecular weight is 202 g/mol. The van der Waals surface area contributed by atoms with Crippen molar-refractivity contribution in [2.24, 2.45) is 5.92 Å². The Morgan fingerprint density at radius 2 is 2.21 bits per heavy atom. The van der Waals surface area contributed by atoms with Crippen LogP contribution in [0.25, 0.3) is 0 Å². The summed E-state index contributed by atoms with van der Waals surface area (Å²) in [7, 11) is 3.06. The Morgan fingerprint density at radius 1 is 1.50 bits per heavy atom. The molecule has 1 aliphatic rings. The predicted molar refractivity (Wildman–Crippen MR) is 47.6 cm³/mol. The molecule has 0 unspecified atom stereocenters. The number of carbonyl (C=O) groups is 1. The first-order chi connectivity index (χ1) is 6.67. The van der Waals surface area contributed by atoms with Gasteiger partial charge >= 0.3 is 5.97 Å². The van der Waals surface area contributed by atoms with Crippen molar-refractivity contribution in [3.63, 3.8) is 0 Å². The lowest BCUT2D eigenvalue weighted by atomic mass is 10.1. The van der Waals surface area contributed by atoms with Crippen LogP contribution in [0, 0.1) is 5.92 Å². The van der Waals surface area contributed by atoms with Crippen LogP contribution in [-0.4, -0.2) is 37.9 Å². The Morgan fingerprint density at radius 3 is 2.71 bits per heavy atom. The zero-order chi connectivity index (χ0) is 10.6. The van der Waals surface area contributed by atoms with Gasteiger partial charge in [0.15, 0.2) is 12.6 Å². The molecule has 1 N–H and O–H groups in total.